The second-order valence-corrected chi connectivity index (χ2v) is 8.46. The van der Waals surface area contributed by atoms with Gasteiger partial charge < -0.3 is 0 Å². The number of rotatable bonds is 3. The second kappa shape index (κ2) is 8.67. The minimum Gasteiger partial charge on any atom is -0.200 e. The summed E-state index contributed by atoms with van der Waals surface area (Å²) in [4.78, 5) is 0. The van der Waals surface area contributed by atoms with Gasteiger partial charge in [0.2, 0.25) is 87.3 Å². The molecular weight excluding hydrogens is 532 g/mol. The fourth-order valence-corrected chi connectivity index (χ4v) is 5.57. The molecule has 0 bridgehead atoms. The minimum absolute atomic E-state index is 2.58. The zero-order valence-electron chi connectivity index (χ0n) is 15.2. The number of hydrogen-bond acceptors (Lipinski definition) is 0. The minimum atomic E-state index is -5.43. The van der Waals surface area contributed by atoms with E-state index in [0.717, 1.165) is 0 Å². The molecule has 0 N–H and O–H groups in total. The van der Waals surface area contributed by atoms with Gasteiger partial charge >= 0.3 is 0 Å². The molecule has 34 heavy (non-hydrogen) atoms. The monoisotopic (exact) mass is 533 g/mol. The van der Waals surface area contributed by atoms with E-state index in [1.807, 2.05) is 0 Å². The van der Waals surface area contributed by atoms with Gasteiger partial charge in [-0.1, -0.05) is 0 Å². The van der Waals surface area contributed by atoms with Gasteiger partial charge in [0.1, 0.15) is 7.92 Å². The third-order valence-corrected chi connectivity index (χ3v) is 7.20. The fraction of sp³-hybridized carbons (Fsp3) is 0. The van der Waals surface area contributed by atoms with E-state index in [1.165, 1.54) is 0 Å². The highest BCUT2D eigenvalue weighted by atomic mass is 31.1. The summed E-state index contributed by atoms with van der Waals surface area (Å²) in [7, 11) is -5.43. The van der Waals surface area contributed by atoms with Gasteiger partial charge in [-0.3, -0.25) is 0 Å². The highest BCUT2D eigenvalue weighted by Crippen LogP contribution is 2.42. The van der Waals surface area contributed by atoms with Crippen LogP contribution >= 0.6 is 7.92 Å². The smallest absolute Gasteiger partial charge is 0.200 e. The van der Waals surface area contributed by atoms with E-state index in [4.69, 9.17) is 0 Å². The van der Waals surface area contributed by atoms with Crippen LogP contribution in [0.5, 0.6) is 0 Å². The van der Waals surface area contributed by atoms with Crippen molar-refractivity contribution in [1.29, 1.82) is 0 Å². The van der Waals surface area contributed by atoms with Crippen molar-refractivity contribution in [2.24, 2.45) is 0 Å². The summed E-state index contributed by atoms with van der Waals surface area (Å²) in [6, 6.07) is 0. The first-order chi connectivity index (χ1) is 15.7. The molecule has 0 aromatic heterocycles. The van der Waals surface area contributed by atoms with Gasteiger partial charge in [-0.25, -0.2) is 39.5 Å². The molecule has 0 saturated carbocycles. The molecular formula is C18HF15P+. The van der Waals surface area contributed by atoms with E-state index in [2.05, 4.69) is 0 Å². The standard InChI is InChI=1S/C18F15P/c19-1-4(22)10(28)16(11(29)5(1)23)34(17-12(30)6(24)2(20)7(25)13(17)31)18-14(32)8(26)3(21)9(27)15(18)33/p+1. The van der Waals surface area contributed by atoms with Gasteiger partial charge in [-0.2, -0.15) is 26.3 Å². The van der Waals surface area contributed by atoms with Crippen LogP contribution in [0.1, 0.15) is 0 Å². The van der Waals surface area contributed by atoms with E-state index in [-0.39, 0.29) is 0 Å². The first-order valence-corrected chi connectivity index (χ1v) is 9.58. The Labute approximate surface area is 178 Å². The van der Waals surface area contributed by atoms with Gasteiger partial charge in [0.25, 0.3) is 0 Å². The lowest BCUT2D eigenvalue weighted by Crippen LogP contribution is -2.36. The van der Waals surface area contributed by atoms with E-state index in [1.54, 1.807) is 0 Å². The predicted octanol–water partition coefficient (Wildman–Crippen LogP) is 5.26. The highest BCUT2D eigenvalue weighted by Gasteiger charge is 2.49. The number of benzene rings is 3. The quantitative estimate of drug-likeness (QED) is 0.187. The molecule has 0 radical (unpaired) electrons. The van der Waals surface area contributed by atoms with Crippen molar-refractivity contribution >= 4 is 23.8 Å². The van der Waals surface area contributed by atoms with Gasteiger partial charge in [-0.05, 0) is 0 Å². The Morgan fingerprint density at radius 3 is 0.471 bits per heavy atom. The molecule has 0 fully saturated rings. The SMILES string of the molecule is Fc1c(F)c(F)c([PH+](c2c(F)c(F)c(F)c(F)c2F)c2c(F)c(F)c(F)c(F)c2F)c(F)c1F. The topological polar surface area (TPSA) is 0 Å². The highest BCUT2D eigenvalue weighted by molar-refractivity contribution is 7.79. The van der Waals surface area contributed by atoms with Crippen LogP contribution in [-0.4, -0.2) is 0 Å². The summed E-state index contributed by atoms with van der Waals surface area (Å²) in [5.74, 6) is -44.8. The average molecular weight is 533 g/mol. The Balaban J connectivity index is 2.68. The van der Waals surface area contributed by atoms with Crippen molar-refractivity contribution in [3.63, 3.8) is 0 Å². The number of hydrogen-bond donors (Lipinski definition) is 0. The molecule has 3 aromatic rings. The van der Waals surface area contributed by atoms with E-state index in [9.17, 15) is 65.9 Å². The van der Waals surface area contributed by atoms with Crippen LogP contribution in [0, 0.1) is 87.3 Å². The van der Waals surface area contributed by atoms with Crippen LogP contribution in [0.3, 0.4) is 0 Å². The molecule has 3 aromatic carbocycles. The maximum atomic E-state index is 14.4. The molecule has 182 valence electrons. The van der Waals surface area contributed by atoms with Crippen molar-refractivity contribution in [2.45, 2.75) is 0 Å². The zero-order chi connectivity index (χ0) is 26.0. The summed E-state index contributed by atoms with van der Waals surface area (Å²) in [5.41, 5.74) is 0. The Morgan fingerprint density at radius 2 is 0.324 bits per heavy atom. The van der Waals surface area contributed by atoms with Crippen LogP contribution in [0.25, 0.3) is 0 Å². The molecule has 0 unspecified atom stereocenters. The van der Waals surface area contributed by atoms with Gasteiger partial charge in [0.15, 0.2) is 15.9 Å². The van der Waals surface area contributed by atoms with Gasteiger partial charge in [-0.15, -0.1) is 0 Å². The van der Waals surface area contributed by atoms with Gasteiger partial charge in [0, 0.05) is 0 Å². The Bertz CT molecular complexity index is 1110. The second-order valence-electron chi connectivity index (χ2n) is 6.21. The summed E-state index contributed by atoms with van der Waals surface area (Å²) >= 11 is 0. The van der Waals surface area contributed by atoms with Crippen molar-refractivity contribution in [3.05, 3.63) is 87.3 Å². The van der Waals surface area contributed by atoms with Crippen LogP contribution in [0.4, 0.5) is 65.9 Å². The van der Waals surface area contributed by atoms with Crippen LogP contribution < -0.4 is 15.9 Å². The van der Waals surface area contributed by atoms with Crippen molar-refractivity contribution in [1.82, 2.24) is 0 Å². The first-order valence-electron chi connectivity index (χ1n) is 8.08. The summed E-state index contributed by atoms with van der Waals surface area (Å²) in [5, 5.41) is -7.73. The lowest BCUT2D eigenvalue weighted by atomic mass is 10.3. The molecule has 0 heterocycles. The van der Waals surface area contributed by atoms with E-state index in [0.29, 0.717) is 0 Å². The lowest BCUT2D eigenvalue weighted by molar-refractivity contribution is 0.381. The average Bonchev–Trinajstić information content (AvgIpc) is 2.81. The van der Waals surface area contributed by atoms with Crippen molar-refractivity contribution in [2.75, 3.05) is 0 Å². The largest absolute Gasteiger partial charge is 0.207 e. The first kappa shape index (κ1) is 25.7. The van der Waals surface area contributed by atoms with E-state index >= 15 is 0 Å². The maximum absolute atomic E-state index is 14.4. The molecule has 0 saturated heterocycles. The Kier molecular flexibility index (Phi) is 6.55. The van der Waals surface area contributed by atoms with Gasteiger partial charge in [0.05, 0.1) is 0 Å². The van der Waals surface area contributed by atoms with Crippen LogP contribution in [-0.2, 0) is 0 Å². The maximum Gasteiger partial charge on any atom is 0.207 e. The van der Waals surface area contributed by atoms with Crippen LogP contribution in [0.15, 0.2) is 0 Å². The molecule has 0 aliphatic carbocycles. The third-order valence-electron chi connectivity index (χ3n) is 4.38. The molecule has 0 amide bonds. The Morgan fingerprint density at radius 1 is 0.206 bits per heavy atom. The van der Waals surface area contributed by atoms with Crippen LogP contribution in [0.2, 0.25) is 0 Å². The fourth-order valence-electron chi connectivity index (χ4n) is 2.85. The molecule has 3 rings (SSSR count). The zero-order valence-corrected chi connectivity index (χ0v) is 16.2. The Hall–Kier alpha value is -2.96. The lowest BCUT2D eigenvalue weighted by Gasteiger charge is -2.17. The molecule has 0 spiro atoms. The third kappa shape index (κ3) is 3.48. The summed E-state index contributed by atoms with van der Waals surface area (Å²) in [6.45, 7) is 0. The van der Waals surface area contributed by atoms with E-state index < -0.39 is 111 Å². The molecule has 16 heteroatoms. The molecule has 0 aliphatic heterocycles. The number of halogens is 15. The molecule has 0 aliphatic rings. The van der Waals surface area contributed by atoms with Crippen molar-refractivity contribution < 1.29 is 65.9 Å². The predicted molar refractivity (Wildman–Crippen MR) is 85.9 cm³/mol. The molecule has 0 atom stereocenters. The summed E-state index contributed by atoms with van der Waals surface area (Å²) < 4.78 is 209. The molecule has 0 nitrogen and oxygen atoms in total. The normalized spacial score (nSPS) is 11.6. The van der Waals surface area contributed by atoms with Crippen molar-refractivity contribution in [3.8, 4) is 0 Å². The summed E-state index contributed by atoms with van der Waals surface area (Å²) in [6.07, 6.45) is 0.